The largest absolute Gasteiger partial charge is 0.503 e. The van der Waals surface area contributed by atoms with Crippen LogP contribution in [0, 0.1) is 11.3 Å². The molecular weight excluding hydrogens is 376 g/mol. The van der Waals surface area contributed by atoms with Crippen LogP contribution in [0.1, 0.15) is 28.8 Å². The molecule has 0 amide bonds. The van der Waals surface area contributed by atoms with Crippen molar-refractivity contribution in [1.82, 2.24) is 14.1 Å². The van der Waals surface area contributed by atoms with Crippen molar-refractivity contribution >= 4 is 0 Å². The number of benzene rings is 2. The maximum absolute atomic E-state index is 12.2. The third kappa shape index (κ3) is 2.72. The molecule has 3 heterocycles. The van der Waals surface area contributed by atoms with E-state index in [1.807, 2.05) is 41.0 Å². The number of fused-ring (bicyclic) bond motifs is 3. The zero-order valence-corrected chi connectivity index (χ0v) is 16.0. The first-order chi connectivity index (χ1) is 14.7. The van der Waals surface area contributed by atoms with E-state index in [9.17, 15) is 15.2 Å². The lowest BCUT2D eigenvalue weighted by Crippen LogP contribution is -2.31. The molecule has 6 nitrogen and oxygen atoms in total. The van der Waals surface area contributed by atoms with Gasteiger partial charge in [0.25, 0.3) is 0 Å². The fraction of sp³-hybridized carbons (Fsp3) is 0.125. The number of imidazole rings is 1. The van der Waals surface area contributed by atoms with Gasteiger partial charge in [0.1, 0.15) is 17.5 Å². The van der Waals surface area contributed by atoms with Crippen molar-refractivity contribution in [2.45, 2.75) is 18.5 Å². The second-order valence-electron chi connectivity index (χ2n) is 7.34. The standard InChI is InChI=1S/C24H18N4O2/c25-13-18-14-26-24-22-23(30)20(29)11-12-27(22)19(15-28(18)24)21(16-7-3-1-4-8-16)17-9-5-2-6-10-17/h1-12,14,19,21,30H,15H2/t19-/m1/s1. The molecule has 0 spiro atoms. The van der Waals surface area contributed by atoms with E-state index in [0.29, 0.717) is 23.8 Å². The molecule has 30 heavy (non-hydrogen) atoms. The summed E-state index contributed by atoms with van der Waals surface area (Å²) in [6, 6.07) is 23.6. The first-order valence-corrected chi connectivity index (χ1v) is 9.69. The number of rotatable bonds is 3. The summed E-state index contributed by atoms with van der Waals surface area (Å²) in [5, 5.41) is 20.2. The van der Waals surface area contributed by atoms with Crippen molar-refractivity contribution in [2.75, 3.05) is 0 Å². The molecule has 146 valence electrons. The van der Waals surface area contributed by atoms with Crippen molar-refractivity contribution in [2.24, 2.45) is 0 Å². The fourth-order valence-corrected chi connectivity index (χ4v) is 4.38. The van der Waals surface area contributed by atoms with Crippen LogP contribution >= 0.6 is 0 Å². The van der Waals surface area contributed by atoms with Gasteiger partial charge in [0.15, 0.2) is 11.6 Å². The van der Waals surface area contributed by atoms with Crippen LogP contribution in [0.2, 0.25) is 0 Å². The highest BCUT2D eigenvalue weighted by atomic mass is 16.3. The highest BCUT2D eigenvalue weighted by Crippen LogP contribution is 2.43. The minimum absolute atomic E-state index is 0.0601. The second-order valence-corrected chi connectivity index (χ2v) is 7.34. The molecule has 1 N–H and O–H groups in total. The lowest BCUT2D eigenvalue weighted by atomic mass is 9.83. The molecule has 6 heteroatoms. The van der Waals surface area contributed by atoms with Crippen LogP contribution in [0.4, 0.5) is 0 Å². The van der Waals surface area contributed by atoms with Gasteiger partial charge in [-0.25, -0.2) is 4.98 Å². The van der Waals surface area contributed by atoms with Crippen LogP contribution in [0.5, 0.6) is 5.75 Å². The molecule has 0 saturated carbocycles. The molecular formula is C24H18N4O2. The number of pyridine rings is 1. The van der Waals surface area contributed by atoms with E-state index >= 15 is 0 Å². The summed E-state index contributed by atoms with van der Waals surface area (Å²) in [5.74, 6) is 0.0198. The molecule has 0 saturated heterocycles. The molecule has 0 aliphatic carbocycles. The van der Waals surface area contributed by atoms with Gasteiger partial charge < -0.3 is 14.2 Å². The smallest absolute Gasteiger partial charge is 0.223 e. The third-order valence-corrected chi connectivity index (χ3v) is 5.71. The number of aromatic nitrogens is 3. The number of nitrogens with zero attached hydrogens (tertiary/aromatic N) is 4. The van der Waals surface area contributed by atoms with Gasteiger partial charge in [-0.3, -0.25) is 4.79 Å². The van der Waals surface area contributed by atoms with Gasteiger partial charge in [0.2, 0.25) is 5.43 Å². The second kappa shape index (κ2) is 7.05. The molecule has 0 fully saturated rings. The predicted octanol–water partition coefficient (Wildman–Crippen LogP) is 3.68. The number of hydrogen-bond donors (Lipinski definition) is 1. The summed E-state index contributed by atoms with van der Waals surface area (Å²) in [5.41, 5.74) is 2.50. The van der Waals surface area contributed by atoms with Gasteiger partial charge >= 0.3 is 0 Å². The average Bonchev–Trinajstić information content (AvgIpc) is 3.20. The van der Waals surface area contributed by atoms with E-state index in [2.05, 4.69) is 35.3 Å². The minimum atomic E-state index is -0.467. The molecule has 2 aromatic heterocycles. The van der Waals surface area contributed by atoms with Gasteiger partial charge in [-0.1, -0.05) is 60.7 Å². The fourth-order valence-electron chi connectivity index (χ4n) is 4.38. The highest BCUT2D eigenvalue weighted by Gasteiger charge is 2.35. The Morgan fingerprint density at radius 1 is 1.03 bits per heavy atom. The molecule has 2 aromatic carbocycles. The summed E-state index contributed by atoms with van der Waals surface area (Å²) in [7, 11) is 0. The Hall–Kier alpha value is -4.11. The molecule has 5 rings (SSSR count). The van der Waals surface area contributed by atoms with E-state index < -0.39 is 5.43 Å². The maximum atomic E-state index is 12.2. The Labute approximate surface area is 172 Å². The van der Waals surface area contributed by atoms with Gasteiger partial charge in [0.05, 0.1) is 12.2 Å². The van der Waals surface area contributed by atoms with Gasteiger partial charge in [-0.15, -0.1) is 0 Å². The number of nitriles is 1. The van der Waals surface area contributed by atoms with Crippen molar-refractivity contribution in [1.29, 1.82) is 5.26 Å². The van der Waals surface area contributed by atoms with Crippen LogP contribution in [0.25, 0.3) is 11.5 Å². The van der Waals surface area contributed by atoms with Crippen molar-refractivity contribution in [3.05, 3.63) is 106 Å². The Morgan fingerprint density at radius 3 is 2.27 bits per heavy atom. The Kier molecular flexibility index (Phi) is 4.22. The normalized spacial score (nSPS) is 14.7. The first kappa shape index (κ1) is 18.0. The SMILES string of the molecule is N#Cc1cnc2n1C[C@H](C(c1ccccc1)c1ccccc1)n1ccc(=O)c(O)c1-2. The Balaban J connectivity index is 1.79. The number of hydrogen-bond acceptors (Lipinski definition) is 4. The van der Waals surface area contributed by atoms with Crippen LogP contribution < -0.4 is 5.43 Å². The molecule has 1 aliphatic heterocycles. The molecule has 0 unspecified atom stereocenters. The van der Waals surface area contributed by atoms with E-state index in [-0.39, 0.29) is 17.7 Å². The summed E-state index contributed by atoms with van der Waals surface area (Å²) < 4.78 is 3.71. The van der Waals surface area contributed by atoms with Gasteiger partial charge in [-0.05, 0) is 11.1 Å². The summed E-state index contributed by atoms with van der Waals surface area (Å²) in [4.78, 5) is 16.6. The van der Waals surface area contributed by atoms with Crippen LogP contribution in [0.15, 0.2) is 83.9 Å². The van der Waals surface area contributed by atoms with E-state index in [0.717, 1.165) is 11.1 Å². The average molecular weight is 394 g/mol. The first-order valence-electron chi connectivity index (χ1n) is 9.69. The van der Waals surface area contributed by atoms with Gasteiger partial charge in [0, 0.05) is 24.7 Å². The quantitative estimate of drug-likeness (QED) is 0.575. The molecule has 0 bridgehead atoms. The Morgan fingerprint density at radius 2 is 1.67 bits per heavy atom. The molecule has 0 radical (unpaired) electrons. The summed E-state index contributed by atoms with van der Waals surface area (Å²) in [6.45, 7) is 0.488. The third-order valence-electron chi connectivity index (χ3n) is 5.71. The van der Waals surface area contributed by atoms with Crippen molar-refractivity contribution in [3.8, 4) is 23.3 Å². The predicted molar refractivity (Wildman–Crippen MR) is 112 cm³/mol. The molecule has 1 aliphatic rings. The lowest BCUT2D eigenvalue weighted by molar-refractivity contribution is 0.362. The van der Waals surface area contributed by atoms with Gasteiger partial charge in [-0.2, -0.15) is 5.26 Å². The zero-order chi connectivity index (χ0) is 20.7. The molecule has 4 aromatic rings. The highest BCUT2D eigenvalue weighted by molar-refractivity contribution is 5.62. The van der Waals surface area contributed by atoms with E-state index in [1.54, 1.807) is 10.8 Å². The van der Waals surface area contributed by atoms with Crippen LogP contribution in [0.3, 0.4) is 0 Å². The molecule has 1 atom stereocenters. The summed E-state index contributed by atoms with van der Waals surface area (Å²) in [6.07, 6.45) is 3.20. The topological polar surface area (TPSA) is 83.8 Å². The van der Waals surface area contributed by atoms with Crippen molar-refractivity contribution in [3.63, 3.8) is 0 Å². The monoisotopic (exact) mass is 394 g/mol. The number of aromatic hydroxyl groups is 1. The minimum Gasteiger partial charge on any atom is -0.503 e. The van der Waals surface area contributed by atoms with Crippen LogP contribution in [-0.2, 0) is 6.54 Å². The van der Waals surface area contributed by atoms with Crippen LogP contribution in [-0.4, -0.2) is 19.2 Å². The Bertz CT molecular complexity index is 1280. The lowest BCUT2D eigenvalue weighted by Gasteiger charge is -2.36. The van der Waals surface area contributed by atoms with Crippen molar-refractivity contribution < 1.29 is 5.11 Å². The maximum Gasteiger partial charge on any atom is 0.223 e. The van der Waals surface area contributed by atoms with E-state index in [4.69, 9.17) is 0 Å². The zero-order valence-electron chi connectivity index (χ0n) is 16.0. The summed E-state index contributed by atoms with van der Waals surface area (Å²) >= 11 is 0. The van der Waals surface area contributed by atoms with E-state index in [1.165, 1.54) is 12.3 Å².